The van der Waals surface area contributed by atoms with Crippen LogP contribution in [0.4, 0.5) is 4.79 Å². The molecule has 0 aromatic carbocycles. The van der Waals surface area contributed by atoms with E-state index in [2.05, 4.69) is 5.32 Å². The van der Waals surface area contributed by atoms with Gasteiger partial charge in [-0.1, -0.05) is 0 Å². The van der Waals surface area contributed by atoms with Crippen LogP contribution in [0.1, 0.15) is 41.0 Å². The van der Waals surface area contributed by atoms with Crippen molar-refractivity contribution in [2.45, 2.75) is 76.5 Å². The molecule has 0 radical (unpaired) electrons. The summed E-state index contributed by atoms with van der Waals surface area (Å²) in [4.78, 5) is 11.9. The molecule has 0 aliphatic carbocycles. The zero-order valence-electron chi connectivity index (χ0n) is 13.8. The Hall–Kier alpha value is -0.890. The molecule has 3 fully saturated rings. The molecular formula is C15H25NO6. The highest BCUT2D eigenvalue weighted by molar-refractivity contribution is 5.67. The second kappa shape index (κ2) is 5.06. The number of hydrogen-bond donors (Lipinski definition) is 1. The second-order valence-corrected chi connectivity index (χ2v) is 7.61. The summed E-state index contributed by atoms with van der Waals surface area (Å²) in [5, 5.41) is 2.77. The van der Waals surface area contributed by atoms with Gasteiger partial charge in [0.2, 0.25) is 0 Å². The number of alkyl carbamates (subject to hydrolysis) is 1. The quantitative estimate of drug-likeness (QED) is 0.833. The summed E-state index contributed by atoms with van der Waals surface area (Å²) in [5.41, 5.74) is -1.26. The highest BCUT2D eigenvalue weighted by Gasteiger charge is 2.61. The lowest BCUT2D eigenvalue weighted by atomic mass is 9.90. The van der Waals surface area contributed by atoms with Gasteiger partial charge in [-0.15, -0.1) is 0 Å². The van der Waals surface area contributed by atoms with Crippen molar-refractivity contribution in [1.29, 1.82) is 0 Å². The van der Waals surface area contributed by atoms with Crippen molar-refractivity contribution in [1.82, 2.24) is 5.32 Å². The van der Waals surface area contributed by atoms with Crippen LogP contribution in [0.5, 0.6) is 0 Å². The first-order chi connectivity index (χ1) is 10.1. The first-order valence-corrected chi connectivity index (χ1v) is 7.71. The van der Waals surface area contributed by atoms with Crippen molar-refractivity contribution in [3.8, 4) is 0 Å². The van der Waals surface area contributed by atoms with Gasteiger partial charge in [-0.2, -0.15) is 0 Å². The Bertz CT molecular complexity index is 459. The van der Waals surface area contributed by atoms with Crippen molar-refractivity contribution in [3.05, 3.63) is 0 Å². The van der Waals surface area contributed by atoms with E-state index in [0.717, 1.165) is 0 Å². The number of ether oxygens (including phenoxy) is 5. The average Bonchev–Trinajstić information content (AvgIpc) is 2.85. The Balaban J connectivity index is 1.67. The third-order valence-electron chi connectivity index (χ3n) is 3.94. The molecule has 3 aliphatic heterocycles. The summed E-state index contributed by atoms with van der Waals surface area (Å²) < 4.78 is 28.8. The molecule has 0 spiro atoms. The van der Waals surface area contributed by atoms with Crippen LogP contribution >= 0.6 is 0 Å². The molecule has 1 amide bonds. The van der Waals surface area contributed by atoms with Gasteiger partial charge in [-0.25, -0.2) is 4.79 Å². The van der Waals surface area contributed by atoms with Gasteiger partial charge in [-0.05, 0) is 34.6 Å². The predicted octanol–water partition coefficient (Wildman–Crippen LogP) is 1.55. The zero-order chi connectivity index (χ0) is 16.2. The summed E-state index contributed by atoms with van der Waals surface area (Å²) in [5.74, 6) is -0.651. The van der Waals surface area contributed by atoms with E-state index >= 15 is 0 Å². The molecular weight excluding hydrogens is 290 g/mol. The number of amides is 1. The van der Waals surface area contributed by atoms with E-state index < -0.39 is 23.1 Å². The maximum Gasteiger partial charge on any atom is 0.407 e. The van der Waals surface area contributed by atoms with Crippen LogP contribution in [0.3, 0.4) is 0 Å². The van der Waals surface area contributed by atoms with Crippen LogP contribution in [0.15, 0.2) is 0 Å². The van der Waals surface area contributed by atoms with Gasteiger partial charge in [-0.3, -0.25) is 0 Å². The highest BCUT2D eigenvalue weighted by Crippen LogP contribution is 2.45. The van der Waals surface area contributed by atoms with Gasteiger partial charge in [0.15, 0.2) is 12.1 Å². The van der Waals surface area contributed by atoms with Crippen molar-refractivity contribution in [3.63, 3.8) is 0 Å². The van der Waals surface area contributed by atoms with Crippen LogP contribution in [0, 0.1) is 0 Å². The van der Waals surface area contributed by atoms with E-state index in [9.17, 15) is 4.79 Å². The normalized spacial score (nSPS) is 39.4. The Labute approximate surface area is 130 Å². The Morgan fingerprint density at radius 1 is 1.27 bits per heavy atom. The minimum atomic E-state index is -0.724. The SMILES string of the molecule is CC(C)(C)OC(=O)NCC12COC(C[C@H]3OC(C)(C)O[C@H]31)O2. The minimum Gasteiger partial charge on any atom is -0.444 e. The van der Waals surface area contributed by atoms with E-state index in [1.807, 2.05) is 34.6 Å². The second-order valence-electron chi connectivity index (χ2n) is 7.61. The monoisotopic (exact) mass is 315 g/mol. The van der Waals surface area contributed by atoms with Gasteiger partial charge >= 0.3 is 6.09 Å². The smallest absolute Gasteiger partial charge is 0.407 e. The lowest BCUT2D eigenvalue weighted by Crippen LogP contribution is -2.59. The summed E-state index contributed by atoms with van der Waals surface area (Å²) in [7, 11) is 0. The van der Waals surface area contributed by atoms with E-state index in [1.165, 1.54) is 0 Å². The number of nitrogens with one attached hydrogen (secondary N) is 1. The predicted molar refractivity (Wildman–Crippen MR) is 76.2 cm³/mol. The van der Waals surface area contributed by atoms with E-state index in [1.54, 1.807) is 0 Å². The van der Waals surface area contributed by atoms with E-state index in [0.29, 0.717) is 13.0 Å². The highest BCUT2D eigenvalue weighted by atomic mass is 16.8. The molecule has 7 nitrogen and oxygen atoms in total. The standard InChI is InChI=1S/C15H25NO6/c1-13(2,3)22-12(17)16-7-15-8-18-10(20-15)6-9-11(15)21-14(4,5)19-9/h9-11H,6-8H2,1-5H3,(H,16,17)/t9-,10?,11-,15?/m1/s1. The van der Waals surface area contributed by atoms with Gasteiger partial charge in [0, 0.05) is 6.42 Å². The van der Waals surface area contributed by atoms with Gasteiger partial charge in [0.05, 0.1) is 19.3 Å². The lowest BCUT2D eigenvalue weighted by Gasteiger charge is -2.38. The number of carbonyl (C=O) groups excluding carboxylic acids is 1. The third-order valence-corrected chi connectivity index (χ3v) is 3.94. The molecule has 2 unspecified atom stereocenters. The lowest BCUT2D eigenvalue weighted by molar-refractivity contribution is -0.184. The summed E-state index contributed by atoms with van der Waals surface area (Å²) in [6.45, 7) is 9.87. The number of hydrogen-bond acceptors (Lipinski definition) is 6. The maximum atomic E-state index is 11.9. The van der Waals surface area contributed by atoms with Crippen molar-refractivity contribution >= 4 is 6.09 Å². The fourth-order valence-electron chi connectivity index (χ4n) is 3.20. The van der Waals surface area contributed by atoms with Crippen LogP contribution < -0.4 is 5.32 Å². The topological polar surface area (TPSA) is 75.3 Å². The molecule has 0 aromatic rings. The molecule has 3 rings (SSSR count). The van der Waals surface area contributed by atoms with Gasteiger partial charge in [0.1, 0.15) is 17.3 Å². The Kier molecular flexibility index (Phi) is 3.67. The van der Waals surface area contributed by atoms with Gasteiger partial charge in [0.25, 0.3) is 0 Å². The molecule has 3 saturated heterocycles. The maximum absolute atomic E-state index is 11.9. The zero-order valence-corrected chi connectivity index (χ0v) is 13.8. The summed E-state index contributed by atoms with van der Waals surface area (Å²) >= 11 is 0. The minimum absolute atomic E-state index is 0.0864. The van der Waals surface area contributed by atoms with Crippen LogP contribution in [0.2, 0.25) is 0 Å². The molecule has 7 heteroatoms. The molecule has 3 heterocycles. The molecule has 22 heavy (non-hydrogen) atoms. The molecule has 2 bridgehead atoms. The van der Waals surface area contributed by atoms with Crippen LogP contribution in [-0.4, -0.2) is 54.7 Å². The fraction of sp³-hybridized carbons (Fsp3) is 0.933. The molecule has 126 valence electrons. The van der Waals surface area contributed by atoms with Crippen molar-refractivity contribution in [2.24, 2.45) is 0 Å². The average molecular weight is 315 g/mol. The largest absolute Gasteiger partial charge is 0.444 e. The number of rotatable bonds is 2. The van der Waals surface area contributed by atoms with Crippen LogP contribution in [-0.2, 0) is 23.7 Å². The fourth-order valence-corrected chi connectivity index (χ4v) is 3.20. The first-order valence-electron chi connectivity index (χ1n) is 7.71. The Morgan fingerprint density at radius 3 is 2.68 bits per heavy atom. The molecule has 3 aliphatic rings. The van der Waals surface area contributed by atoms with Crippen molar-refractivity contribution < 1.29 is 28.5 Å². The van der Waals surface area contributed by atoms with Gasteiger partial charge < -0.3 is 29.0 Å². The molecule has 0 aromatic heterocycles. The molecule has 4 atom stereocenters. The molecule has 0 saturated carbocycles. The summed E-state index contributed by atoms with van der Waals surface area (Å²) in [6.07, 6.45) is -0.497. The summed E-state index contributed by atoms with van der Waals surface area (Å²) in [6, 6.07) is 0. The third kappa shape index (κ3) is 3.08. The first kappa shape index (κ1) is 16.0. The van der Waals surface area contributed by atoms with E-state index in [4.69, 9.17) is 23.7 Å². The molecule has 1 N–H and O–H groups in total. The van der Waals surface area contributed by atoms with Crippen LogP contribution in [0.25, 0.3) is 0 Å². The number of carbonyl (C=O) groups is 1. The Morgan fingerprint density at radius 2 is 2.00 bits per heavy atom. The number of fused-ring (bicyclic) bond motifs is 4. The van der Waals surface area contributed by atoms with Crippen molar-refractivity contribution in [2.75, 3.05) is 13.2 Å². The van der Waals surface area contributed by atoms with E-state index in [-0.39, 0.29) is 25.0 Å².